The molecule has 0 spiro atoms. The van der Waals surface area contributed by atoms with Gasteiger partial charge in [-0.2, -0.15) is 0 Å². The predicted octanol–water partition coefficient (Wildman–Crippen LogP) is -0.466. The van der Waals surface area contributed by atoms with Crippen molar-refractivity contribution in [2.45, 2.75) is 146 Å². The van der Waals surface area contributed by atoms with Crippen molar-refractivity contribution in [2.24, 2.45) is 34.5 Å². The lowest BCUT2D eigenvalue weighted by Crippen LogP contribution is -2.64. The molecule has 12 nitrogen and oxygen atoms in total. The molecule has 0 unspecified atom stereocenters. The summed E-state index contributed by atoms with van der Waals surface area (Å²) in [4.78, 5) is 13.9. The van der Waals surface area contributed by atoms with Crippen LogP contribution in [0.1, 0.15) is 79.6 Å². The molecule has 3 saturated carbocycles. The zero-order chi connectivity index (χ0) is 33.4. The Morgan fingerprint density at radius 3 is 2.33 bits per heavy atom. The fourth-order valence-electron chi connectivity index (χ4n) is 9.76. The Morgan fingerprint density at radius 1 is 1.04 bits per heavy atom. The molecule has 1 heterocycles. The molecule has 12 heteroatoms. The minimum absolute atomic E-state index is 0.00346. The first-order chi connectivity index (χ1) is 20.8. The SMILES string of the molecule is CC(C)[C@H](O)C[C@@H](O)[C@](C)(O)[C@H]1CC[C@@]2(O)C3=CC(=O)[C@@H]4C[C@@H](O[C@@H]5O[C@H](CO)[C@@H](O)[C@H](O)[C@H]5O)[C@@H](O)C[C@]4(C)[C@H]3CC[C@]12C. The van der Waals surface area contributed by atoms with Crippen molar-refractivity contribution in [2.75, 3.05) is 6.61 Å². The van der Waals surface area contributed by atoms with Crippen molar-refractivity contribution in [3.05, 3.63) is 11.6 Å². The number of carbonyl (C=O) groups excluding carboxylic acids is 1. The summed E-state index contributed by atoms with van der Waals surface area (Å²) in [5.41, 5.74) is -3.98. The van der Waals surface area contributed by atoms with Gasteiger partial charge in [0, 0.05) is 17.8 Å². The molecule has 45 heavy (non-hydrogen) atoms. The summed E-state index contributed by atoms with van der Waals surface area (Å²) in [5, 5.41) is 97.3. The average molecular weight is 643 g/mol. The third-order valence-electron chi connectivity index (χ3n) is 12.9. The van der Waals surface area contributed by atoms with E-state index in [4.69, 9.17) is 9.47 Å². The molecule has 5 rings (SSSR count). The van der Waals surface area contributed by atoms with Crippen molar-refractivity contribution >= 4 is 5.78 Å². The number of ether oxygens (including phenoxy) is 2. The summed E-state index contributed by atoms with van der Waals surface area (Å²) in [5.74, 6) is -1.62. The van der Waals surface area contributed by atoms with Crippen LogP contribution in [0.2, 0.25) is 0 Å². The van der Waals surface area contributed by atoms with Gasteiger partial charge in [-0.3, -0.25) is 4.79 Å². The maximum Gasteiger partial charge on any atom is 0.187 e. The lowest BCUT2D eigenvalue weighted by molar-refractivity contribution is -0.322. The van der Waals surface area contributed by atoms with E-state index >= 15 is 0 Å². The average Bonchev–Trinajstić information content (AvgIpc) is 3.25. The number of aliphatic hydroxyl groups excluding tert-OH is 7. The topological polar surface area (TPSA) is 218 Å². The van der Waals surface area contributed by atoms with Gasteiger partial charge >= 0.3 is 0 Å². The molecular weight excluding hydrogens is 588 g/mol. The van der Waals surface area contributed by atoms with Gasteiger partial charge in [0.15, 0.2) is 12.1 Å². The quantitative estimate of drug-likeness (QED) is 0.164. The fourth-order valence-corrected chi connectivity index (χ4v) is 9.76. The van der Waals surface area contributed by atoms with E-state index in [0.717, 1.165) is 0 Å². The molecule has 5 aliphatic rings. The molecule has 0 aromatic heterocycles. The summed E-state index contributed by atoms with van der Waals surface area (Å²) in [6.45, 7) is 8.50. The lowest BCUT2D eigenvalue weighted by Gasteiger charge is -2.61. The highest BCUT2D eigenvalue weighted by Crippen LogP contribution is 2.68. The van der Waals surface area contributed by atoms with Crippen LogP contribution in [0, 0.1) is 34.5 Å². The second-order valence-electron chi connectivity index (χ2n) is 15.7. The Morgan fingerprint density at radius 2 is 1.71 bits per heavy atom. The Balaban J connectivity index is 1.38. The zero-order valence-corrected chi connectivity index (χ0v) is 27.0. The second kappa shape index (κ2) is 12.1. The van der Waals surface area contributed by atoms with E-state index in [0.29, 0.717) is 31.3 Å². The van der Waals surface area contributed by atoms with Crippen molar-refractivity contribution in [1.29, 1.82) is 0 Å². The third-order valence-corrected chi connectivity index (χ3v) is 12.9. The summed E-state index contributed by atoms with van der Waals surface area (Å²) in [6, 6.07) is 0. The molecule has 0 aromatic rings. The van der Waals surface area contributed by atoms with E-state index in [-0.39, 0.29) is 36.9 Å². The minimum atomic E-state index is -1.64. The van der Waals surface area contributed by atoms with Gasteiger partial charge in [0.05, 0.1) is 42.2 Å². The monoisotopic (exact) mass is 642 g/mol. The Labute approximate surface area is 264 Å². The van der Waals surface area contributed by atoms with E-state index in [1.807, 2.05) is 27.7 Å². The molecule has 0 bridgehead atoms. The first-order valence-corrected chi connectivity index (χ1v) is 16.5. The van der Waals surface area contributed by atoms with Crippen LogP contribution in [0.3, 0.4) is 0 Å². The Bertz CT molecular complexity index is 1140. The highest BCUT2D eigenvalue weighted by Gasteiger charge is 2.69. The summed E-state index contributed by atoms with van der Waals surface area (Å²) < 4.78 is 11.4. The number of aliphatic hydroxyl groups is 9. The summed E-state index contributed by atoms with van der Waals surface area (Å²) in [6.07, 6.45) is -7.83. The van der Waals surface area contributed by atoms with Crippen LogP contribution >= 0.6 is 0 Å². The van der Waals surface area contributed by atoms with Crippen LogP contribution in [-0.2, 0) is 14.3 Å². The Kier molecular flexibility index (Phi) is 9.52. The maximum absolute atomic E-state index is 13.9. The largest absolute Gasteiger partial charge is 0.394 e. The Hall–Kier alpha value is -1.03. The standard InChI is InChI=1S/C33H54O12/c1-15(2)19(35)12-25(38)32(5,42)24-7-9-33(43)17-10-20(36)18-11-22(44-29-28(41)27(40)26(39)23(14-34)45-29)21(37)13-30(18,3)16(17)6-8-31(24,33)4/h10,15-16,18-19,21-29,34-35,37-43H,6-9,11-14H2,1-5H3/t16-,18-,19+,21-,22+,23+,24-,25+,26+,27-,28+,29+,30+,31+,32+,33+/m0/s1. The van der Waals surface area contributed by atoms with Gasteiger partial charge in [-0.15, -0.1) is 0 Å². The lowest BCUT2D eigenvalue weighted by atomic mass is 9.45. The zero-order valence-electron chi connectivity index (χ0n) is 27.0. The highest BCUT2D eigenvalue weighted by atomic mass is 16.7. The first-order valence-electron chi connectivity index (χ1n) is 16.5. The van der Waals surface area contributed by atoms with E-state index in [9.17, 15) is 50.8 Å². The maximum atomic E-state index is 13.9. The van der Waals surface area contributed by atoms with Gasteiger partial charge < -0.3 is 55.4 Å². The third kappa shape index (κ3) is 5.46. The number of hydrogen-bond donors (Lipinski definition) is 9. The highest BCUT2D eigenvalue weighted by molar-refractivity contribution is 5.95. The molecule has 0 aromatic carbocycles. The fraction of sp³-hybridized carbons (Fsp3) is 0.909. The summed E-state index contributed by atoms with van der Waals surface area (Å²) >= 11 is 0. The van der Waals surface area contributed by atoms with Gasteiger partial charge in [0.25, 0.3) is 0 Å². The molecular formula is C33H54O12. The number of carbonyl (C=O) groups is 1. The van der Waals surface area contributed by atoms with Crippen LogP contribution in [0.15, 0.2) is 11.6 Å². The number of rotatable bonds is 8. The van der Waals surface area contributed by atoms with Crippen molar-refractivity contribution in [1.82, 2.24) is 0 Å². The van der Waals surface area contributed by atoms with Crippen molar-refractivity contribution < 1.29 is 60.2 Å². The van der Waals surface area contributed by atoms with Gasteiger partial charge in [0.1, 0.15) is 24.4 Å². The van der Waals surface area contributed by atoms with Crippen LogP contribution in [0.4, 0.5) is 0 Å². The predicted molar refractivity (Wildman–Crippen MR) is 159 cm³/mol. The van der Waals surface area contributed by atoms with Gasteiger partial charge in [-0.25, -0.2) is 0 Å². The van der Waals surface area contributed by atoms with Crippen LogP contribution < -0.4 is 0 Å². The summed E-state index contributed by atoms with van der Waals surface area (Å²) in [7, 11) is 0. The van der Waals surface area contributed by atoms with Crippen LogP contribution in [0.5, 0.6) is 0 Å². The smallest absolute Gasteiger partial charge is 0.187 e. The van der Waals surface area contributed by atoms with Gasteiger partial charge in [-0.05, 0) is 80.3 Å². The normalized spacial score (nSPS) is 49.4. The van der Waals surface area contributed by atoms with Crippen molar-refractivity contribution in [3.63, 3.8) is 0 Å². The second-order valence-corrected chi connectivity index (χ2v) is 15.7. The molecule has 0 radical (unpaired) electrons. The molecule has 4 fully saturated rings. The molecule has 258 valence electrons. The molecule has 1 aliphatic heterocycles. The minimum Gasteiger partial charge on any atom is -0.394 e. The van der Waals surface area contributed by atoms with E-state index in [1.54, 1.807) is 6.92 Å². The molecule has 9 N–H and O–H groups in total. The van der Waals surface area contributed by atoms with Gasteiger partial charge in [0.2, 0.25) is 0 Å². The van der Waals surface area contributed by atoms with Gasteiger partial charge in [-0.1, -0.05) is 27.7 Å². The molecule has 0 amide bonds. The van der Waals surface area contributed by atoms with E-state index < -0.39 is 95.6 Å². The molecule has 1 saturated heterocycles. The van der Waals surface area contributed by atoms with E-state index in [1.165, 1.54) is 6.08 Å². The number of hydrogen-bond acceptors (Lipinski definition) is 12. The van der Waals surface area contributed by atoms with Crippen LogP contribution in [-0.4, -0.2) is 125 Å². The van der Waals surface area contributed by atoms with Crippen molar-refractivity contribution in [3.8, 4) is 0 Å². The molecule has 4 aliphatic carbocycles. The number of fused-ring (bicyclic) bond motifs is 5. The number of allylic oxidation sites excluding steroid dienone is 1. The number of ketones is 1. The first kappa shape index (κ1) is 35.3. The van der Waals surface area contributed by atoms with Crippen LogP contribution in [0.25, 0.3) is 0 Å². The molecule has 16 atom stereocenters. The van der Waals surface area contributed by atoms with E-state index in [2.05, 4.69) is 0 Å².